The molecule has 0 radical (unpaired) electrons. The Morgan fingerprint density at radius 2 is 1.90 bits per heavy atom. The Morgan fingerprint density at radius 1 is 1.14 bits per heavy atom. The molecule has 3 aromatic rings. The summed E-state index contributed by atoms with van der Waals surface area (Å²) in [5.74, 6) is 0.327. The quantitative estimate of drug-likeness (QED) is 0.604. The molecular formula is C21H26N6OS. The summed E-state index contributed by atoms with van der Waals surface area (Å²) in [6.45, 7) is 7.88. The molecule has 1 aliphatic rings. The number of carbonyl (C=O) groups is 1. The average molecular weight is 411 g/mol. The van der Waals surface area contributed by atoms with Crippen molar-refractivity contribution in [3.63, 3.8) is 0 Å². The molecule has 1 amide bonds. The van der Waals surface area contributed by atoms with Crippen LogP contribution in [0.2, 0.25) is 0 Å². The third-order valence-electron chi connectivity index (χ3n) is 5.26. The van der Waals surface area contributed by atoms with E-state index in [1.165, 1.54) is 24.6 Å². The van der Waals surface area contributed by atoms with Gasteiger partial charge < -0.3 is 10.2 Å². The molecule has 2 aromatic heterocycles. The molecule has 1 aromatic carbocycles. The number of hydrogen-bond acceptors (Lipinski definition) is 6. The molecule has 0 spiro atoms. The lowest BCUT2D eigenvalue weighted by molar-refractivity contribution is -0.118. The Morgan fingerprint density at radius 3 is 2.66 bits per heavy atom. The van der Waals surface area contributed by atoms with E-state index in [-0.39, 0.29) is 5.91 Å². The maximum Gasteiger partial charge on any atom is 0.230 e. The van der Waals surface area contributed by atoms with Crippen molar-refractivity contribution in [2.75, 3.05) is 31.9 Å². The molecule has 0 unspecified atom stereocenters. The zero-order valence-corrected chi connectivity index (χ0v) is 17.7. The number of thioether (sulfide) groups is 1. The minimum atomic E-state index is 0.0175. The zero-order valence-electron chi connectivity index (χ0n) is 16.9. The number of aryl methyl sites for hydroxylation is 2. The second kappa shape index (κ2) is 8.92. The molecule has 0 bridgehead atoms. The number of amides is 1. The Kier molecular flexibility index (Phi) is 6.10. The Bertz CT molecular complexity index is 997. The molecule has 1 fully saturated rings. The van der Waals surface area contributed by atoms with Crippen LogP contribution in [0.1, 0.15) is 24.2 Å². The molecule has 1 aliphatic heterocycles. The number of hydrogen-bond donors (Lipinski definition) is 1. The van der Waals surface area contributed by atoms with Crippen LogP contribution in [0.25, 0.3) is 16.6 Å². The van der Waals surface area contributed by atoms with Gasteiger partial charge in [0.1, 0.15) is 10.5 Å². The molecule has 3 heterocycles. The minimum absolute atomic E-state index is 0.0175. The SMILES string of the molecule is Cc1nnc(SCC(=O)NCCN2CCCC2)c2nn(-c3ccccc3)c(C)c12. The van der Waals surface area contributed by atoms with Crippen LogP contribution >= 0.6 is 11.8 Å². The number of nitrogens with one attached hydrogen (secondary N) is 1. The van der Waals surface area contributed by atoms with Gasteiger partial charge in [-0.2, -0.15) is 10.2 Å². The van der Waals surface area contributed by atoms with Gasteiger partial charge in [0, 0.05) is 18.5 Å². The Balaban J connectivity index is 1.46. The van der Waals surface area contributed by atoms with Gasteiger partial charge in [-0.25, -0.2) is 4.68 Å². The number of rotatable bonds is 7. The van der Waals surface area contributed by atoms with Gasteiger partial charge >= 0.3 is 0 Å². The molecule has 0 aliphatic carbocycles. The molecular weight excluding hydrogens is 384 g/mol. The van der Waals surface area contributed by atoms with Crippen molar-refractivity contribution in [2.45, 2.75) is 31.7 Å². The Labute approximate surface area is 174 Å². The predicted octanol–water partition coefficient (Wildman–Crippen LogP) is 2.74. The van der Waals surface area contributed by atoms with Crippen LogP contribution in [0.15, 0.2) is 35.4 Å². The topological polar surface area (TPSA) is 75.9 Å². The highest BCUT2D eigenvalue weighted by molar-refractivity contribution is 8.00. The van der Waals surface area contributed by atoms with Gasteiger partial charge in [-0.1, -0.05) is 30.0 Å². The molecule has 0 saturated carbocycles. The first-order valence-corrected chi connectivity index (χ1v) is 11.0. The summed E-state index contributed by atoms with van der Waals surface area (Å²) in [4.78, 5) is 14.7. The molecule has 0 atom stereocenters. The van der Waals surface area contributed by atoms with Crippen molar-refractivity contribution < 1.29 is 4.79 Å². The Hall–Kier alpha value is -2.45. The lowest BCUT2D eigenvalue weighted by atomic mass is 10.2. The van der Waals surface area contributed by atoms with Crippen LogP contribution in [-0.2, 0) is 4.79 Å². The monoisotopic (exact) mass is 410 g/mol. The fraction of sp³-hybridized carbons (Fsp3) is 0.429. The maximum absolute atomic E-state index is 12.3. The van der Waals surface area contributed by atoms with Crippen molar-refractivity contribution in [2.24, 2.45) is 0 Å². The van der Waals surface area contributed by atoms with E-state index in [9.17, 15) is 4.79 Å². The van der Waals surface area contributed by atoms with Gasteiger partial charge in [0.2, 0.25) is 5.91 Å². The standard InChI is InChI=1S/C21H26N6OS/c1-15-19-16(2)27(17-8-4-3-5-9-17)25-20(19)21(24-23-15)29-14-18(28)22-10-13-26-11-6-7-12-26/h3-5,8-9H,6-7,10-14H2,1-2H3,(H,22,28). The van der Waals surface area contributed by atoms with E-state index in [1.54, 1.807) is 0 Å². The van der Waals surface area contributed by atoms with Crippen molar-refractivity contribution in [3.8, 4) is 5.69 Å². The lowest BCUT2D eigenvalue weighted by Crippen LogP contribution is -2.34. The number of fused-ring (bicyclic) bond motifs is 1. The number of para-hydroxylation sites is 1. The summed E-state index contributed by atoms with van der Waals surface area (Å²) in [5, 5.41) is 18.1. The highest BCUT2D eigenvalue weighted by Crippen LogP contribution is 2.29. The predicted molar refractivity (Wildman–Crippen MR) is 116 cm³/mol. The highest BCUT2D eigenvalue weighted by Gasteiger charge is 2.18. The first-order chi connectivity index (χ1) is 14.1. The second-order valence-electron chi connectivity index (χ2n) is 7.33. The van der Waals surface area contributed by atoms with Crippen LogP contribution in [-0.4, -0.2) is 62.7 Å². The fourth-order valence-electron chi connectivity index (χ4n) is 3.77. The van der Waals surface area contributed by atoms with E-state index in [0.717, 1.165) is 47.6 Å². The van der Waals surface area contributed by atoms with E-state index in [2.05, 4.69) is 20.4 Å². The van der Waals surface area contributed by atoms with Gasteiger partial charge in [-0.05, 0) is 51.9 Å². The molecule has 8 heteroatoms. The van der Waals surface area contributed by atoms with Gasteiger partial charge in [0.05, 0.1) is 22.8 Å². The third kappa shape index (κ3) is 4.43. The molecule has 7 nitrogen and oxygen atoms in total. The van der Waals surface area contributed by atoms with Crippen molar-refractivity contribution >= 4 is 28.6 Å². The molecule has 1 N–H and O–H groups in total. The lowest BCUT2D eigenvalue weighted by Gasteiger charge is -2.14. The summed E-state index contributed by atoms with van der Waals surface area (Å²) < 4.78 is 1.92. The third-order valence-corrected chi connectivity index (χ3v) is 6.22. The minimum Gasteiger partial charge on any atom is -0.354 e. The molecule has 29 heavy (non-hydrogen) atoms. The number of likely N-dealkylation sites (tertiary alicyclic amines) is 1. The first-order valence-electron chi connectivity index (χ1n) is 10.0. The van der Waals surface area contributed by atoms with Crippen molar-refractivity contribution in [3.05, 3.63) is 41.7 Å². The van der Waals surface area contributed by atoms with Gasteiger partial charge in [0.15, 0.2) is 0 Å². The van der Waals surface area contributed by atoms with Gasteiger partial charge in [0.25, 0.3) is 0 Å². The molecule has 4 rings (SSSR count). The van der Waals surface area contributed by atoms with E-state index in [4.69, 9.17) is 5.10 Å². The van der Waals surface area contributed by atoms with Gasteiger partial charge in [-0.15, -0.1) is 5.10 Å². The largest absolute Gasteiger partial charge is 0.354 e. The van der Waals surface area contributed by atoms with Crippen molar-refractivity contribution in [1.82, 2.24) is 30.2 Å². The molecule has 1 saturated heterocycles. The summed E-state index contributed by atoms with van der Waals surface area (Å²) in [6.07, 6.45) is 2.53. The summed E-state index contributed by atoms with van der Waals surface area (Å²) in [7, 11) is 0. The van der Waals surface area contributed by atoms with E-state index < -0.39 is 0 Å². The summed E-state index contributed by atoms with van der Waals surface area (Å²) in [5.41, 5.74) is 3.67. The normalized spacial score (nSPS) is 14.6. The van der Waals surface area contributed by atoms with E-state index in [1.807, 2.05) is 48.9 Å². The summed E-state index contributed by atoms with van der Waals surface area (Å²) in [6, 6.07) is 10.0. The maximum atomic E-state index is 12.3. The average Bonchev–Trinajstić information content (AvgIpc) is 3.37. The number of aromatic nitrogens is 4. The molecule has 152 valence electrons. The van der Waals surface area contributed by atoms with Crippen molar-refractivity contribution in [1.29, 1.82) is 0 Å². The first kappa shape index (κ1) is 19.8. The van der Waals surface area contributed by atoms with E-state index >= 15 is 0 Å². The van der Waals surface area contributed by atoms with Crippen LogP contribution in [0.4, 0.5) is 0 Å². The van der Waals surface area contributed by atoms with Crippen LogP contribution < -0.4 is 5.32 Å². The second-order valence-corrected chi connectivity index (χ2v) is 8.30. The van der Waals surface area contributed by atoms with Gasteiger partial charge in [-0.3, -0.25) is 4.79 Å². The number of nitrogens with zero attached hydrogens (tertiary/aromatic N) is 5. The van der Waals surface area contributed by atoms with Crippen LogP contribution in [0, 0.1) is 13.8 Å². The smallest absolute Gasteiger partial charge is 0.230 e. The number of benzene rings is 1. The fourth-order valence-corrected chi connectivity index (χ4v) is 4.51. The van der Waals surface area contributed by atoms with Crippen LogP contribution in [0.3, 0.4) is 0 Å². The summed E-state index contributed by atoms with van der Waals surface area (Å²) >= 11 is 1.39. The zero-order chi connectivity index (χ0) is 20.2. The van der Waals surface area contributed by atoms with E-state index in [0.29, 0.717) is 17.3 Å². The number of carbonyl (C=O) groups excluding carboxylic acids is 1. The van der Waals surface area contributed by atoms with Crippen LogP contribution in [0.5, 0.6) is 0 Å². The highest BCUT2D eigenvalue weighted by atomic mass is 32.2.